The van der Waals surface area contributed by atoms with Crippen molar-refractivity contribution < 1.29 is 4.79 Å². The van der Waals surface area contributed by atoms with Crippen molar-refractivity contribution in [1.29, 1.82) is 0 Å². The lowest BCUT2D eigenvalue weighted by molar-refractivity contribution is -0.146. The van der Waals surface area contributed by atoms with E-state index < -0.39 is 0 Å². The molecule has 2 aliphatic heterocycles. The number of fused-ring (bicyclic) bond motifs is 2. The number of carbonyl (C=O) groups is 1. The lowest BCUT2D eigenvalue weighted by atomic mass is 9.86. The number of rotatable bonds is 4. The van der Waals surface area contributed by atoms with Gasteiger partial charge < -0.3 is 4.90 Å². The molecule has 2 fully saturated rings. The summed E-state index contributed by atoms with van der Waals surface area (Å²) in [6, 6.07) is 5.89. The van der Waals surface area contributed by atoms with Crippen LogP contribution in [0.15, 0.2) is 36.0 Å². The number of hydrogen-bond acceptors (Lipinski definition) is 5. The number of amides is 1. The predicted octanol–water partition coefficient (Wildman–Crippen LogP) is 2.16. The second-order valence-corrected chi connectivity index (χ2v) is 7.32. The first-order chi connectivity index (χ1) is 11.3. The number of hydrogen-bond donors (Lipinski definition) is 0. The molecule has 2 atom stereocenters. The molecule has 2 aromatic rings. The highest BCUT2D eigenvalue weighted by Gasteiger charge is 2.41. The molecule has 4 rings (SSSR count). The topological polar surface area (TPSA) is 49.3 Å². The molecule has 0 aliphatic carbocycles. The largest absolute Gasteiger partial charge is 0.335 e. The van der Waals surface area contributed by atoms with E-state index in [9.17, 15) is 4.79 Å². The molecule has 23 heavy (non-hydrogen) atoms. The first kappa shape index (κ1) is 14.8. The Morgan fingerprint density at radius 1 is 1.22 bits per heavy atom. The van der Waals surface area contributed by atoms with Gasteiger partial charge in [0.15, 0.2) is 0 Å². The second kappa shape index (κ2) is 6.37. The van der Waals surface area contributed by atoms with Crippen LogP contribution in [0.25, 0.3) is 0 Å². The minimum atomic E-state index is 0.00936. The van der Waals surface area contributed by atoms with Crippen molar-refractivity contribution in [2.24, 2.45) is 5.92 Å². The molecule has 0 N–H and O–H groups in total. The maximum Gasteiger partial charge on any atom is 0.240 e. The second-order valence-electron chi connectivity index (χ2n) is 6.34. The summed E-state index contributed by atoms with van der Waals surface area (Å²) in [4.78, 5) is 26.0. The highest BCUT2D eigenvalue weighted by atomic mass is 32.1. The predicted molar refractivity (Wildman–Crippen MR) is 88.7 cm³/mol. The Morgan fingerprint density at radius 3 is 2.96 bits per heavy atom. The van der Waals surface area contributed by atoms with E-state index in [2.05, 4.69) is 14.9 Å². The molecule has 120 valence electrons. The van der Waals surface area contributed by atoms with Crippen LogP contribution < -0.4 is 0 Å². The Hall–Kier alpha value is -1.79. The number of thiazole rings is 1. The van der Waals surface area contributed by atoms with Gasteiger partial charge >= 0.3 is 0 Å². The molecule has 1 amide bonds. The Balaban J connectivity index is 1.49. The fourth-order valence-corrected chi connectivity index (χ4v) is 4.29. The van der Waals surface area contributed by atoms with Crippen molar-refractivity contribution in [1.82, 2.24) is 19.8 Å². The number of pyridine rings is 1. The van der Waals surface area contributed by atoms with E-state index in [0.29, 0.717) is 12.5 Å². The molecule has 0 radical (unpaired) electrons. The monoisotopic (exact) mass is 328 g/mol. The van der Waals surface area contributed by atoms with Crippen LogP contribution in [-0.4, -0.2) is 44.8 Å². The third-order valence-electron chi connectivity index (χ3n) is 4.80. The number of nitrogens with zero attached hydrogens (tertiary/aromatic N) is 4. The molecule has 2 bridgehead atoms. The van der Waals surface area contributed by atoms with Gasteiger partial charge in [0.2, 0.25) is 5.91 Å². The van der Waals surface area contributed by atoms with Crippen LogP contribution in [0.3, 0.4) is 0 Å². The molecule has 0 unspecified atom stereocenters. The summed E-state index contributed by atoms with van der Waals surface area (Å²) in [5.74, 6) is 0.872. The zero-order chi connectivity index (χ0) is 15.6. The molecule has 0 spiro atoms. The number of piperidine rings is 2. The third-order valence-corrected chi connectivity index (χ3v) is 5.56. The number of likely N-dealkylation sites (tertiary alicyclic amines) is 2. The summed E-state index contributed by atoms with van der Waals surface area (Å²) >= 11 is 1.66. The fourth-order valence-electron chi connectivity index (χ4n) is 3.65. The van der Waals surface area contributed by atoms with Crippen molar-refractivity contribution in [3.63, 3.8) is 0 Å². The van der Waals surface area contributed by atoms with Crippen molar-refractivity contribution in [3.05, 3.63) is 46.7 Å². The summed E-state index contributed by atoms with van der Waals surface area (Å²) in [5.41, 5.74) is 0.965. The molecule has 5 nitrogen and oxygen atoms in total. The van der Waals surface area contributed by atoms with Crippen LogP contribution in [0, 0.1) is 5.92 Å². The fraction of sp³-hybridized carbons (Fsp3) is 0.471. The molecule has 0 saturated carbocycles. The normalized spacial score (nSPS) is 24.9. The van der Waals surface area contributed by atoms with E-state index in [-0.39, 0.29) is 11.9 Å². The Bertz CT molecular complexity index is 660. The first-order valence-electron chi connectivity index (χ1n) is 8.11. The zero-order valence-corrected chi connectivity index (χ0v) is 13.8. The van der Waals surface area contributed by atoms with Crippen LogP contribution >= 0.6 is 11.3 Å². The van der Waals surface area contributed by atoms with Gasteiger partial charge in [-0.1, -0.05) is 6.07 Å². The van der Waals surface area contributed by atoms with Crippen LogP contribution in [0.2, 0.25) is 0 Å². The van der Waals surface area contributed by atoms with E-state index in [0.717, 1.165) is 43.2 Å². The summed E-state index contributed by atoms with van der Waals surface area (Å²) in [6.07, 6.45) is 5.78. The molecular formula is C17H20N4OS. The quantitative estimate of drug-likeness (QED) is 0.863. The molecule has 0 aromatic carbocycles. The van der Waals surface area contributed by atoms with E-state index in [4.69, 9.17) is 0 Å². The number of aromatic nitrogens is 2. The van der Waals surface area contributed by atoms with Gasteiger partial charge in [0.05, 0.1) is 24.8 Å². The highest BCUT2D eigenvalue weighted by molar-refractivity contribution is 7.09. The Morgan fingerprint density at radius 2 is 2.17 bits per heavy atom. The average Bonchev–Trinajstić information content (AvgIpc) is 3.08. The van der Waals surface area contributed by atoms with Crippen molar-refractivity contribution in [2.75, 3.05) is 13.1 Å². The summed E-state index contributed by atoms with van der Waals surface area (Å²) in [6.45, 7) is 3.28. The summed E-state index contributed by atoms with van der Waals surface area (Å²) < 4.78 is 0. The van der Waals surface area contributed by atoms with Gasteiger partial charge in [-0.2, -0.15) is 0 Å². The lowest BCUT2D eigenvalue weighted by Gasteiger charge is -2.46. The van der Waals surface area contributed by atoms with E-state index >= 15 is 0 Å². The third kappa shape index (κ3) is 3.14. The maximum absolute atomic E-state index is 12.9. The van der Waals surface area contributed by atoms with E-state index in [1.165, 1.54) is 0 Å². The SMILES string of the molecule is O=C1[C@H]2C[C@H](CCN2Cc2nccs2)CN1Cc1ccccn1. The molecular weight excluding hydrogens is 308 g/mol. The minimum absolute atomic E-state index is 0.00936. The van der Waals surface area contributed by atoms with Crippen LogP contribution in [0.1, 0.15) is 23.5 Å². The van der Waals surface area contributed by atoms with Gasteiger partial charge in [0, 0.05) is 24.3 Å². The van der Waals surface area contributed by atoms with Gasteiger partial charge in [0.25, 0.3) is 0 Å². The maximum atomic E-state index is 12.9. The lowest BCUT2D eigenvalue weighted by Crippen LogP contribution is -2.58. The van der Waals surface area contributed by atoms with Crippen LogP contribution in [-0.2, 0) is 17.9 Å². The minimum Gasteiger partial charge on any atom is -0.335 e. The number of carbonyl (C=O) groups excluding carboxylic acids is 1. The first-order valence-corrected chi connectivity index (χ1v) is 8.98. The smallest absolute Gasteiger partial charge is 0.240 e. The van der Waals surface area contributed by atoms with E-state index in [1.54, 1.807) is 17.5 Å². The van der Waals surface area contributed by atoms with Crippen molar-refractivity contribution >= 4 is 17.2 Å². The summed E-state index contributed by atoms with van der Waals surface area (Å²) in [5, 5.41) is 3.09. The summed E-state index contributed by atoms with van der Waals surface area (Å²) in [7, 11) is 0. The zero-order valence-electron chi connectivity index (χ0n) is 13.0. The van der Waals surface area contributed by atoms with Gasteiger partial charge in [0.1, 0.15) is 5.01 Å². The Labute approximate surface area is 140 Å². The van der Waals surface area contributed by atoms with Gasteiger partial charge in [-0.15, -0.1) is 11.3 Å². The van der Waals surface area contributed by atoms with Crippen LogP contribution in [0.5, 0.6) is 0 Å². The van der Waals surface area contributed by atoms with Gasteiger partial charge in [-0.25, -0.2) is 4.98 Å². The van der Waals surface area contributed by atoms with Gasteiger partial charge in [-0.3, -0.25) is 14.7 Å². The molecule has 2 aliphatic rings. The molecule has 2 aromatic heterocycles. The van der Waals surface area contributed by atoms with Crippen LogP contribution in [0.4, 0.5) is 0 Å². The van der Waals surface area contributed by atoms with E-state index in [1.807, 2.05) is 34.7 Å². The molecule has 6 heteroatoms. The van der Waals surface area contributed by atoms with Crippen molar-refractivity contribution in [2.45, 2.75) is 32.0 Å². The van der Waals surface area contributed by atoms with Gasteiger partial charge in [-0.05, 0) is 37.4 Å². The molecule has 4 heterocycles. The molecule has 2 saturated heterocycles. The highest BCUT2D eigenvalue weighted by Crippen LogP contribution is 2.31. The Kier molecular flexibility index (Phi) is 4.10. The van der Waals surface area contributed by atoms with Crippen molar-refractivity contribution in [3.8, 4) is 0 Å². The standard InChI is InChI=1S/C17H20N4OS/c22-17-15-9-13(4-7-20(15)12-16-19-6-8-23-16)10-21(17)11-14-3-1-2-5-18-14/h1-3,5-6,8,13,15H,4,7,9-12H2/t13-,15+/m0/s1. The average molecular weight is 328 g/mol.